The Balaban J connectivity index is 0.000000190. The van der Waals surface area contributed by atoms with Crippen LogP contribution in [0.1, 0.15) is 65.7 Å². The summed E-state index contributed by atoms with van der Waals surface area (Å²) in [6.07, 6.45) is 11.9. The van der Waals surface area contributed by atoms with E-state index in [1.807, 2.05) is 54.4 Å². The summed E-state index contributed by atoms with van der Waals surface area (Å²) in [6.45, 7) is 16.0. The first kappa shape index (κ1) is 54.4. The second kappa shape index (κ2) is 23.0. The van der Waals surface area contributed by atoms with Gasteiger partial charge in [-0.2, -0.15) is 10.2 Å². The molecule has 3 aromatic carbocycles. The average Bonchev–Trinajstić information content (AvgIpc) is 4.09. The number of nitrogen functional groups attached to an aromatic ring is 2. The van der Waals surface area contributed by atoms with Crippen LogP contribution in [-0.4, -0.2) is 114 Å². The number of hydrogen-bond donors (Lipinski definition) is 2. The molecule has 8 aromatic rings. The van der Waals surface area contributed by atoms with Crippen LogP contribution in [0.15, 0.2) is 110 Å². The number of carbonyl (C=O) groups is 2. The number of aryl methyl sites for hydroxylation is 2. The van der Waals surface area contributed by atoms with Crippen molar-refractivity contribution < 1.29 is 32.2 Å². The normalized spacial score (nSPS) is 15.6. The third-order valence-electron chi connectivity index (χ3n) is 14.0. The third kappa shape index (κ3) is 11.3. The number of aromatic nitrogens is 9. The number of pyridine rings is 1. The Kier molecular flexibility index (Phi) is 16.1. The van der Waals surface area contributed by atoms with Crippen molar-refractivity contribution in [3.8, 4) is 39.8 Å². The molecule has 2 aliphatic rings. The number of methoxy groups -OCH3 is 1. The number of carbonyl (C=O) groups excluding carboxylic acids is 2. The van der Waals surface area contributed by atoms with Gasteiger partial charge in [-0.05, 0) is 118 Å². The lowest BCUT2D eigenvalue weighted by Gasteiger charge is -2.32. The van der Waals surface area contributed by atoms with Crippen LogP contribution in [0.5, 0.6) is 17.2 Å². The highest BCUT2D eigenvalue weighted by atomic mass is 35.5. The van der Waals surface area contributed by atoms with Gasteiger partial charge >= 0.3 is 0 Å². The Morgan fingerprint density at radius 1 is 0.731 bits per heavy atom. The molecule has 0 bridgehead atoms. The molecular formula is C56H60ClN13O7S. The molecule has 5 aromatic heterocycles. The Hall–Kier alpha value is -8.43. The molecule has 2 atom stereocenters. The van der Waals surface area contributed by atoms with Crippen molar-refractivity contribution in [2.75, 3.05) is 51.0 Å². The molecule has 4 N–H and O–H groups in total. The number of ether oxygens (including phenoxy) is 3. The molecule has 0 radical (unpaired) electrons. The number of nitrogens with two attached hydrogens (primary N) is 2. The van der Waals surface area contributed by atoms with Gasteiger partial charge in [0.05, 0.1) is 45.6 Å². The van der Waals surface area contributed by atoms with Crippen molar-refractivity contribution in [1.82, 2.24) is 54.3 Å². The molecule has 0 aliphatic carbocycles. The number of amides is 2. The molecule has 0 saturated carbocycles. The predicted molar refractivity (Wildman–Crippen MR) is 299 cm³/mol. The molecule has 0 unspecified atom stereocenters. The van der Waals surface area contributed by atoms with E-state index >= 15 is 0 Å². The van der Waals surface area contributed by atoms with Crippen molar-refractivity contribution in [3.63, 3.8) is 0 Å². The summed E-state index contributed by atoms with van der Waals surface area (Å²) in [5, 5.41) is 11.5. The Morgan fingerprint density at radius 2 is 1.28 bits per heavy atom. The van der Waals surface area contributed by atoms with Crippen molar-refractivity contribution in [2.45, 2.75) is 76.6 Å². The molecule has 404 valence electrons. The fourth-order valence-electron chi connectivity index (χ4n) is 9.98. The highest BCUT2D eigenvalue weighted by Crippen LogP contribution is 2.39. The van der Waals surface area contributed by atoms with Crippen LogP contribution in [0, 0.1) is 20.8 Å². The van der Waals surface area contributed by atoms with Gasteiger partial charge in [-0.1, -0.05) is 36.9 Å². The van der Waals surface area contributed by atoms with E-state index in [1.165, 1.54) is 24.8 Å². The summed E-state index contributed by atoms with van der Waals surface area (Å²) in [6, 6.07) is 17.7. The van der Waals surface area contributed by atoms with Crippen molar-refractivity contribution in [2.24, 2.45) is 0 Å². The van der Waals surface area contributed by atoms with Crippen molar-refractivity contribution in [1.29, 1.82) is 0 Å². The fourth-order valence-corrected chi connectivity index (χ4v) is 10.9. The maximum Gasteiger partial charge on any atom is 0.246 e. The van der Waals surface area contributed by atoms with Crippen LogP contribution in [0.4, 0.5) is 11.6 Å². The van der Waals surface area contributed by atoms with Gasteiger partial charge in [-0.3, -0.25) is 14.6 Å². The van der Waals surface area contributed by atoms with Gasteiger partial charge in [0.15, 0.2) is 21.1 Å². The van der Waals surface area contributed by atoms with E-state index in [1.54, 1.807) is 59.5 Å². The van der Waals surface area contributed by atoms with Crippen LogP contribution in [0.25, 0.3) is 44.6 Å². The van der Waals surface area contributed by atoms with Gasteiger partial charge in [-0.15, -0.1) is 0 Å². The standard InChI is InChI=1S/C29H33N7O3.C27H27ClN6O4S/c1-6-24(37)35-11-7-8-21(14-35)36-29-25(28(30)32-16-33-29)26(34-36)20-9-10-23(17(2)12-20)39-15-22-19(4)27(38-5)18(3)13-31-22;1-3-23(35)33-11-5-7-19(14-33)34-27-24(26(29)30-16-31-27)25(32-34)18-9-10-22(21(28)13-18)38-15-17-6-4-8-20(12-17)39(2,36)37/h6,9-10,12-13,16,21H,1,7-8,11,14-15H2,2-5H3,(H2,30,32,33);3-4,6,8-10,12-13,16,19H,1,5,7,11,14-15H2,2H3,(H2,29,30,31)/t21-;19-/m11/s1. The monoisotopic (exact) mass is 1090 g/mol. The van der Waals surface area contributed by atoms with Gasteiger partial charge in [-0.25, -0.2) is 37.7 Å². The molecule has 2 fully saturated rings. The summed E-state index contributed by atoms with van der Waals surface area (Å²) in [5.74, 6) is 2.47. The number of anilines is 2. The number of sulfone groups is 1. The first-order valence-corrected chi connectivity index (χ1v) is 27.5. The summed E-state index contributed by atoms with van der Waals surface area (Å²) in [4.78, 5) is 50.2. The minimum absolute atomic E-state index is 0.0286. The maximum atomic E-state index is 12.3. The minimum Gasteiger partial charge on any atom is -0.496 e. The predicted octanol–water partition coefficient (Wildman–Crippen LogP) is 8.39. The molecule has 10 rings (SSSR count). The van der Waals surface area contributed by atoms with Gasteiger partial charge < -0.3 is 35.5 Å². The van der Waals surface area contributed by atoms with E-state index in [0.717, 1.165) is 71.4 Å². The number of likely N-dealkylation sites (tertiary alicyclic amines) is 2. The van der Waals surface area contributed by atoms with E-state index in [0.29, 0.717) is 99.8 Å². The van der Waals surface area contributed by atoms with Crippen LogP contribution in [-0.2, 0) is 32.6 Å². The molecule has 2 saturated heterocycles. The van der Waals surface area contributed by atoms with Crippen molar-refractivity contribution >= 4 is 67.0 Å². The molecule has 22 heteroatoms. The summed E-state index contributed by atoms with van der Waals surface area (Å²) in [5.41, 5.74) is 21.1. The lowest BCUT2D eigenvalue weighted by atomic mass is 10.1. The van der Waals surface area contributed by atoms with Crippen LogP contribution in [0.2, 0.25) is 5.02 Å². The molecule has 20 nitrogen and oxygen atoms in total. The molecule has 0 spiro atoms. The smallest absolute Gasteiger partial charge is 0.246 e. The molecular weight excluding hydrogens is 1030 g/mol. The fraction of sp³-hybridized carbons (Fsp3) is 0.304. The Labute approximate surface area is 456 Å². The number of benzene rings is 3. The third-order valence-corrected chi connectivity index (χ3v) is 15.4. The van der Waals surface area contributed by atoms with Gasteiger partial charge in [0.1, 0.15) is 66.1 Å². The SMILES string of the molecule is C=CC(=O)N1CCC[C@@H](n2nc(-c3ccc(OCc4cccc(S(C)(=O)=O)c4)c(Cl)c3)c3c(N)ncnc32)C1.C=CC(=O)N1CCC[C@@H](n2nc(-c3ccc(OCc4ncc(C)c(OC)c4C)c(C)c3)c3c(N)ncnc32)C1. The van der Waals surface area contributed by atoms with Crippen molar-refractivity contribution in [3.05, 3.63) is 138 Å². The first-order chi connectivity index (χ1) is 37.5. The number of rotatable bonds is 14. The van der Waals surface area contributed by atoms with E-state index < -0.39 is 9.84 Å². The van der Waals surface area contributed by atoms with Crippen LogP contribution < -0.4 is 25.7 Å². The zero-order valence-electron chi connectivity index (χ0n) is 44.0. The van der Waals surface area contributed by atoms with E-state index in [4.69, 9.17) is 47.5 Å². The number of nitrogens with zero attached hydrogens (tertiary/aromatic N) is 11. The second-order valence-corrected chi connectivity index (χ2v) is 21.7. The van der Waals surface area contributed by atoms with Gasteiger partial charge in [0.25, 0.3) is 0 Å². The number of halogens is 1. The molecule has 7 heterocycles. The largest absolute Gasteiger partial charge is 0.496 e. The zero-order chi connectivity index (χ0) is 55.4. The van der Waals surface area contributed by atoms with Crippen LogP contribution >= 0.6 is 11.6 Å². The summed E-state index contributed by atoms with van der Waals surface area (Å²) in [7, 11) is -1.66. The lowest BCUT2D eigenvalue weighted by molar-refractivity contribution is -0.128. The van der Waals surface area contributed by atoms with E-state index in [-0.39, 0.29) is 35.4 Å². The number of piperidine rings is 2. The molecule has 2 aliphatic heterocycles. The molecule has 2 amide bonds. The number of hydrogen-bond acceptors (Lipinski definition) is 16. The highest BCUT2D eigenvalue weighted by Gasteiger charge is 2.30. The summed E-state index contributed by atoms with van der Waals surface area (Å²) >= 11 is 6.59. The van der Waals surface area contributed by atoms with Gasteiger partial charge in [0, 0.05) is 60.9 Å². The zero-order valence-corrected chi connectivity index (χ0v) is 45.6. The average molecular weight is 1090 g/mol. The first-order valence-electron chi connectivity index (χ1n) is 25.2. The topological polar surface area (TPSA) is 255 Å². The number of fused-ring (bicyclic) bond motifs is 2. The molecule has 78 heavy (non-hydrogen) atoms. The Morgan fingerprint density at radius 3 is 1.81 bits per heavy atom. The Bertz CT molecular complexity index is 3730. The maximum absolute atomic E-state index is 12.3. The minimum atomic E-state index is -3.32. The van der Waals surface area contributed by atoms with Crippen LogP contribution in [0.3, 0.4) is 0 Å². The van der Waals surface area contributed by atoms with E-state index in [2.05, 4.69) is 38.1 Å². The quantitative estimate of drug-likeness (QED) is 0.0969. The van der Waals surface area contributed by atoms with E-state index in [9.17, 15) is 18.0 Å². The second-order valence-electron chi connectivity index (χ2n) is 19.2. The lowest BCUT2D eigenvalue weighted by Crippen LogP contribution is -2.40. The summed E-state index contributed by atoms with van der Waals surface area (Å²) < 4.78 is 45.0. The van der Waals surface area contributed by atoms with Gasteiger partial charge in [0.2, 0.25) is 11.8 Å². The highest BCUT2D eigenvalue weighted by molar-refractivity contribution is 7.90.